The molecule has 0 fully saturated rings. The van der Waals surface area contributed by atoms with E-state index < -0.39 is 43.2 Å². The van der Waals surface area contributed by atoms with E-state index in [-0.39, 0.29) is 22.8 Å². The molecule has 0 heterocycles. The molecule has 1 aromatic carbocycles. The summed E-state index contributed by atoms with van der Waals surface area (Å²) in [7, 11) is -7.09. The molecule has 0 spiro atoms. The Morgan fingerprint density at radius 3 is 2.20 bits per heavy atom. The molecule has 3 unspecified atom stereocenters. The Morgan fingerprint density at radius 1 is 1.05 bits per heavy atom. The minimum absolute atomic E-state index is 0.111. The van der Waals surface area contributed by atoms with Crippen molar-refractivity contribution in [3.63, 3.8) is 0 Å². The van der Waals surface area contributed by atoms with Gasteiger partial charge in [-0.3, -0.25) is 0 Å². The lowest BCUT2D eigenvalue weighted by Gasteiger charge is -2.35. The first-order valence-electron chi connectivity index (χ1n) is 14.3. The van der Waals surface area contributed by atoms with E-state index in [0.29, 0.717) is 19.4 Å². The minimum Gasteiger partial charge on any atom is -0.413 e. The van der Waals surface area contributed by atoms with Gasteiger partial charge in [0.15, 0.2) is 18.2 Å². The molecule has 8 heteroatoms. The molecule has 3 atom stereocenters. The van der Waals surface area contributed by atoms with Crippen LogP contribution in [0.4, 0.5) is 0 Å². The summed E-state index contributed by atoms with van der Waals surface area (Å²) in [5.41, 5.74) is 2.60. The van der Waals surface area contributed by atoms with Crippen molar-refractivity contribution in [1.82, 2.24) is 0 Å². The van der Waals surface area contributed by atoms with Gasteiger partial charge in [-0.15, -0.1) is 11.5 Å². The van der Waals surface area contributed by atoms with Crippen molar-refractivity contribution in [2.75, 3.05) is 6.61 Å². The first-order valence-corrected chi connectivity index (χ1v) is 22.3. The predicted molar refractivity (Wildman–Crippen MR) is 174 cm³/mol. The molecule has 2 N–H and O–H groups in total. The van der Waals surface area contributed by atoms with Crippen LogP contribution in [0.2, 0.25) is 37.8 Å². The summed E-state index contributed by atoms with van der Waals surface area (Å²) >= 11 is 0. The van der Waals surface area contributed by atoms with E-state index in [0.717, 1.165) is 12.0 Å². The smallest absolute Gasteiger partial charge is 0.192 e. The van der Waals surface area contributed by atoms with Crippen LogP contribution in [0, 0.1) is 11.5 Å². The third-order valence-electron chi connectivity index (χ3n) is 7.50. The van der Waals surface area contributed by atoms with E-state index in [4.69, 9.17) is 4.43 Å². The third-order valence-corrected chi connectivity index (χ3v) is 15.0. The molecule has 0 aliphatic rings. The lowest BCUT2D eigenvalue weighted by atomic mass is 9.90. The van der Waals surface area contributed by atoms with E-state index >= 15 is 0 Å². The lowest BCUT2D eigenvalue weighted by molar-refractivity contribution is -0.0681. The van der Waals surface area contributed by atoms with E-state index in [1.807, 2.05) is 13.0 Å². The van der Waals surface area contributed by atoms with Crippen LogP contribution in [0.5, 0.6) is 0 Å². The van der Waals surface area contributed by atoms with Crippen LogP contribution in [0.15, 0.2) is 59.0 Å². The van der Waals surface area contributed by atoms with Crippen LogP contribution in [0.25, 0.3) is 0 Å². The molecule has 0 aliphatic heterocycles. The normalized spacial score (nSPS) is 16.8. The molecule has 226 valence electrons. The van der Waals surface area contributed by atoms with Crippen LogP contribution in [-0.2, 0) is 14.3 Å². The first kappa shape index (κ1) is 36.5. The van der Waals surface area contributed by atoms with Crippen LogP contribution in [0.3, 0.4) is 0 Å². The number of benzene rings is 1. The summed E-state index contributed by atoms with van der Waals surface area (Å²) in [6, 6.07) is 8.32. The van der Waals surface area contributed by atoms with Crippen LogP contribution in [0.1, 0.15) is 66.7 Å². The molecule has 0 aliphatic carbocycles. The molecular weight excluding hydrogens is 553 g/mol. The van der Waals surface area contributed by atoms with E-state index in [1.54, 1.807) is 36.4 Å². The van der Waals surface area contributed by atoms with Gasteiger partial charge in [-0.05, 0) is 69.8 Å². The molecule has 0 saturated heterocycles. The van der Waals surface area contributed by atoms with Gasteiger partial charge in [0, 0.05) is 6.42 Å². The highest BCUT2D eigenvalue weighted by molar-refractivity contribution is 7.92. The summed E-state index contributed by atoms with van der Waals surface area (Å²) in [6.07, 6.45) is 6.85. The van der Waals surface area contributed by atoms with Crippen LogP contribution >= 0.6 is 0 Å². The number of aliphatic hydroxyl groups is 2. The van der Waals surface area contributed by atoms with Gasteiger partial charge < -0.3 is 14.6 Å². The fourth-order valence-corrected chi connectivity index (χ4v) is 7.26. The number of hydrogen-bond acceptors (Lipinski definition) is 5. The third kappa shape index (κ3) is 12.6. The predicted octanol–water partition coefficient (Wildman–Crippen LogP) is 7.30. The second kappa shape index (κ2) is 15.1. The zero-order chi connectivity index (χ0) is 30.8. The van der Waals surface area contributed by atoms with Gasteiger partial charge in [0.2, 0.25) is 0 Å². The zero-order valence-corrected chi connectivity index (χ0v) is 29.4. The maximum atomic E-state index is 13.6. The molecule has 0 saturated carbocycles. The number of sulfone groups is 1. The highest BCUT2D eigenvalue weighted by atomic mass is 32.2. The van der Waals surface area contributed by atoms with Gasteiger partial charge in [-0.2, -0.15) is 0 Å². The fourth-order valence-electron chi connectivity index (χ4n) is 3.80. The van der Waals surface area contributed by atoms with Gasteiger partial charge in [0.1, 0.15) is 8.07 Å². The van der Waals surface area contributed by atoms with Gasteiger partial charge in [-0.25, -0.2) is 8.42 Å². The van der Waals surface area contributed by atoms with Gasteiger partial charge in [-0.1, -0.05) is 82.4 Å². The van der Waals surface area contributed by atoms with Crippen molar-refractivity contribution in [2.45, 2.75) is 126 Å². The molecule has 0 aromatic heterocycles. The quantitative estimate of drug-likeness (QED) is 0.132. The standard InChI is InChI=1S/C32H54O5SSi2/c1-27(19-13-12-17-23-37-40(9,10)31(2,3)4)25-29(38(35,36)28-20-14-11-15-21-28)26-32(5,34)30(33)22-16-18-24-39(6,7)8/h11-12,14-15,17,20-21,25,29-30,33-34H,13,16,19,22-23,26H2,1-10H3. The van der Waals surface area contributed by atoms with Crippen molar-refractivity contribution < 1.29 is 23.1 Å². The molecule has 1 rings (SSSR count). The van der Waals surface area contributed by atoms with Crippen LogP contribution in [-0.4, -0.2) is 58.6 Å². The average Bonchev–Trinajstić information content (AvgIpc) is 2.82. The molecule has 40 heavy (non-hydrogen) atoms. The maximum absolute atomic E-state index is 13.6. The Hall–Kier alpha value is -1.48. The lowest BCUT2D eigenvalue weighted by Crippen LogP contribution is -2.43. The van der Waals surface area contributed by atoms with Crippen molar-refractivity contribution in [1.29, 1.82) is 0 Å². The summed E-state index contributed by atoms with van der Waals surface area (Å²) < 4.78 is 33.5. The van der Waals surface area contributed by atoms with Crippen molar-refractivity contribution in [3.05, 3.63) is 54.1 Å². The number of aliphatic hydroxyl groups excluding tert-OH is 1. The van der Waals surface area contributed by atoms with Gasteiger partial charge in [0.25, 0.3) is 0 Å². The summed E-state index contributed by atoms with van der Waals surface area (Å²) in [4.78, 5) is 0.206. The van der Waals surface area contributed by atoms with E-state index in [1.165, 1.54) is 6.92 Å². The molecule has 0 bridgehead atoms. The SMILES string of the molecule is CC(=CC(CC(C)(O)C(O)CCC#C[Si](C)(C)C)S(=O)(=O)c1ccccc1)CCC=CCO[Si](C)(C)C(C)(C)C. The minimum atomic E-state index is -3.78. The Labute approximate surface area is 247 Å². The Morgan fingerprint density at radius 2 is 1.65 bits per heavy atom. The molecule has 5 nitrogen and oxygen atoms in total. The molecule has 0 radical (unpaired) electrons. The monoisotopic (exact) mass is 606 g/mol. The van der Waals surface area contributed by atoms with Gasteiger partial charge >= 0.3 is 0 Å². The average molecular weight is 607 g/mol. The maximum Gasteiger partial charge on any atom is 0.192 e. The topological polar surface area (TPSA) is 83.8 Å². The summed E-state index contributed by atoms with van der Waals surface area (Å²) in [5.74, 6) is 3.12. The van der Waals surface area contributed by atoms with Crippen molar-refractivity contribution in [3.8, 4) is 11.5 Å². The summed E-state index contributed by atoms with van der Waals surface area (Å²) in [6.45, 7) is 21.6. The number of rotatable bonds is 14. The number of allylic oxidation sites excluding steroid dienone is 2. The van der Waals surface area contributed by atoms with Crippen LogP contribution < -0.4 is 0 Å². The van der Waals surface area contributed by atoms with E-state index in [9.17, 15) is 18.6 Å². The second-order valence-electron chi connectivity index (χ2n) is 13.7. The van der Waals surface area contributed by atoms with Gasteiger partial charge in [0.05, 0.1) is 28.5 Å². The number of hydrogen-bond donors (Lipinski definition) is 2. The molecular formula is C32H54O5SSi2. The highest BCUT2D eigenvalue weighted by Gasteiger charge is 2.38. The van der Waals surface area contributed by atoms with Crippen molar-refractivity contribution >= 4 is 26.2 Å². The zero-order valence-electron chi connectivity index (χ0n) is 26.5. The second-order valence-corrected chi connectivity index (χ2v) is 25.4. The first-order chi connectivity index (χ1) is 18.2. The van der Waals surface area contributed by atoms with Crippen molar-refractivity contribution in [2.24, 2.45) is 0 Å². The Bertz CT molecular complexity index is 1150. The summed E-state index contributed by atoms with van der Waals surface area (Å²) in [5, 5.41) is 21.2. The Kier molecular flexibility index (Phi) is 13.8. The largest absolute Gasteiger partial charge is 0.413 e. The highest BCUT2D eigenvalue weighted by Crippen LogP contribution is 2.36. The fraction of sp³-hybridized carbons (Fsp3) is 0.625. The van der Waals surface area contributed by atoms with E-state index in [2.05, 4.69) is 71.0 Å². The Balaban J connectivity index is 3.02. The molecule has 0 amide bonds. The molecule has 1 aromatic rings.